The second-order valence-corrected chi connectivity index (χ2v) is 4.90. The maximum absolute atomic E-state index is 5.61. The van der Waals surface area contributed by atoms with Gasteiger partial charge in [-0.3, -0.25) is 11.3 Å². The molecule has 2 aromatic heterocycles. The van der Waals surface area contributed by atoms with Crippen molar-refractivity contribution in [2.24, 2.45) is 5.84 Å². The van der Waals surface area contributed by atoms with E-state index in [1.807, 2.05) is 19.9 Å². The zero-order chi connectivity index (χ0) is 11.5. The average Bonchev–Trinajstić information content (AvgIpc) is 2.85. The molecule has 0 bridgehead atoms. The Morgan fingerprint density at radius 3 is 2.81 bits per heavy atom. The van der Waals surface area contributed by atoms with E-state index in [9.17, 15) is 0 Å². The maximum atomic E-state index is 5.61. The quantitative estimate of drug-likeness (QED) is 0.634. The summed E-state index contributed by atoms with van der Waals surface area (Å²) < 4.78 is 5.52. The van der Waals surface area contributed by atoms with Gasteiger partial charge in [-0.05, 0) is 31.4 Å². The number of hydrogen-bond donors (Lipinski definition) is 2. The van der Waals surface area contributed by atoms with E-state index in [0.717, 1.165) is 23.5 Å². The molecule has 3 nitrogen and oxygen atoms in total. The SMILES string of the molecule is Cc1cc(C(Cc2cccs2)NN)c(C)o1. The van der Waals surface area contributed by atoms with E-state index in [0.29, 0.717) is 0 Å². The van der Waals surface area contributed by atoms with E-state index >= 15 is 0 Å². The molecule has 3 N–H and O–H groups in total. The van der Waals surface area contributed by atoms with Crippen LogP contribution in [0.25, 0.3) is 0 Å². The van der Waals surface area contributed by atoms with Crippen LogP contribution in [0.4, 0.5) is 0 Å². The number of furan rings is 1. The molecule has 0 radical (unpaired) electrons. The van der Waals surface area contributed by atoms with Gasteiger partial charge in [0.2, 0.25) is 0 Å². The lowest BCUT2D eigenvalue weighted by molar-refractivity contribution is 0.485. The van der Waals surface area contributed by atoms with E-state index in [2.05, 4.69) is 22.9 Å². The lowest BCUT2D eigenvalue weighted by atomic mass is 10.0. The van der Waals surface area contributed by atoms with Gasteiger partial charge in [-0.1, -0.05) is 6.07 Å². The summed E-state index contributed by atoms with van der Waals surface area (Å²) in [4.78, 5) is 1.32. The highest BCUT2D eigenvalue weighted by molar-refractivity contribution is 7.09. The van der Waals surface area contributed by atoms with E-state index < -0.39 is 0 Å². The zero-order valence-corrected chi connectivity index (χ0v) is 10.3. The molecule has 2 heterocycles. The van der Waals surface area contributed by atoms with Crippen LogP contribution < -0.4 is 11.3 Å². The number of hydrazine groups is 1. The van der Waals surface area contributed by atoms with Crippen LogP contribution in [0.1, 0.15) is 28.0 Å². The lowest BCUT2D eigenvalue weighted by Gasteiger charge is -2.13. The van der Waals surface area contributed by atoms with E-state index in [1.54, 1.807) is 11.3 Å². The van der Waals surface area contributed by atoms with Crippen molar-refractivity contribution in [3.05, 3.63) is 45.5 Å². The van der Waals surface area contributed by atoms with Crippen LogP contribution in [0.3, 0.4) is 0 Å². The van der Waals surface area contributed by atoms with Crippen LogP contribution in [-0.2, 0) is 6.42 Å². The summed E-state index contributed by atoms with van der Waals surface area (Å²) in [6.45, 7) is 3.93. The van der Waals surface area contributed by atoms with E-state index in [-0.39, 0.29) is 6.04 Å². The topological polar surface area (TPSA) is 51.2 Å². The van der Waals surface area contributed by atoms with Crippen LogP contribution >= 0.6 is 11.3 Å². The van der Waals surface area contributed by atoms with E-state index in [4.69, 9.17) is 10.3 Å². The van der Waals surface area contributed by atoms with Crippen molar-refractivity contribution < 1.29 is 4.42 Å². The summed E-state index contributed by atoms with van der Waals surface area (Å²) in [7, 11) is 0. The standard InChI is InChI=1S/C12H16N2OS/c1-8-6-11(9(2)15-8)12(14-13)7-10-4-3-5-16-10/h3-6,12,14H,7,13H2,1-2H3. The Hall–Kier alpha value is -1.10. The molecule has 16 heavy (non-hydrogen) atoms. The molecule has 0 aliphatic rings. The van der Waals surface area contributed by atoms with E-state index in [1.165, 1.54) is 4.88 Å². The third-order valence-corrected chi connectivity index (χ3v) is 3.54. The molecule has 1 unspecified atom stereocenters. The van der Waals surface area contributed by atoms with Crippen LogP contribution in [0.5, 0.6) is 0 Å². The molecule has 86 valence electrons. The molecule has 1 atom stereocenters. The predicted octanol–water partition coefficient (Wildman–Crippen LogP) is 2.71. The van der Waals surface area contributed by atoms with Crippen molar-refractivity contribution in [1.29, 1.82) is 0 Å². The number of nitrogens with one attached hydrogen (secondary N) is 1. The lowest BCUT2D eigenvalue weighted by Crippen LogP contribution is -2.29. The normalized spacial score (nSPS) is 12.9. The molecule has 0 fully saturated rings. The van der Waals surface area contributed by atoms with Gasteiger partial charge in [0.15, 0.2) is 0 Å². The minimum absolute atomic E-state index is 0.121. The molecule has 2 aromatic rings. The number of hydrogen-bond acceptors (Lipinski definition) is 4. The van der Waals surface area contributed by atoms with Crippen LogP contribution in [0.15, 0.2) is 28.0 Å². The van der Waals surface area contributed by atoms with Gasteiger partial charge in [0.25, 0.3) is 0 Å². The Bertz CT molecular complexity index is 448. The first kappa shape index (κ1) is 11.4. The van der Waals surface area contributed by atoms with Gasteiger partial charge >= 0.3 is 0 Å². The highest BCUT2D eigenvalue weighted by atomic mass is 32.1. The van der Waals surface area contributed by atoms with Crippen molar-refractivity contribution in [3.8, 4) is 0 Å². The second-order valence-electron chi connectivity index (χ2n) is 3.87. The fourth-order valence-corrected chi connectivity index (χ4v) is 2.64. The molecular weight excluding hydrogens is 220 g/mol. The van der Waals surface area contributed by atoms with Gasteiger partial charge in [-0.25, -0.2) is 0 Å². The summed E-state index contributed by atoms with van der Waals surface area (Å²) in [6.07, 6.45) is 0.897. The zero-order valence-electron chi connectivity index (χ0n) is 9.49. The van der Waals surface area contributed by atoms with Gasteiger partial charge in [0.1, 0.15) is 11.5 Å². The number of thiophene rings is 1. The van der Waals surface area contributed by atoms with Gasteiger partial charge in [0.05, 0.1) is 6.04 Å². The number of rotatable bonds is 4. The number of aryl methyl sites for hydroxylation is 2. The first-order valence-corrected chi connectivity index (χ1v) is 6.14. The Morgan fingerprint density at radius 2 is 2.31 bits per heavy atom. The molecule has 2 rings (SSSR count). The largest absolute Gasteiger partial charge is 0.466 e. The third kappa shape index (κ3) is 2.35. The third-order valence-electron chi connectivity index (χ3n) is 2.64. The minimum atomic E-state index is 0.121. The Balaban J connectivity index is 2.19. The second kappa shape index (κ2) is 4.82. The summed E-state index contributed by atoms with van der Waals surface area (Å²) >= 11 is 1.75. The summed E-state index contributed by atoms with van der Waals surface area (Å²) in [5.74, 6) is 7.48. The highest BCUT2D eigenvalue weighted by Gasteiger charge is 2.16. The molecule has 0 saturated carbocycles. The molecule has 4 heteroatoms. The average molecular weight is 236 g/mol. The van der Waals surface area contributed by atoms with Crippen molar-refractivity contribution in [2.75, 3.05) is 0 Å². The summed E-state index contributed by atoms with van der Waals surface area (Å²) in [5.41, 5.74) is 4.00. The van der Waals surface area contributed by atoms with Gasteiger partial charge in [-0.15, -0.1) is 11.3 Å². The minimum Gasteiger partial charge on any atom is -0.466 e. The van der Waals surface area contributed by atoms with Crippen molar-refractivity contribution in [3.63, 3.8) is 0 Å². The van der Waals surface area contributed by atoms with Gasteiger partial charge < -0.3 is 4.42 Å². The Labute approximate surface area is 99.2 Å². The first-order chi connectivity index (χ1) is 7.70. The van der Waals surface area contributed by atoms with Crippen molar-refractivity contribution >= 4 is 11.3 Å². The van der Waals surface area contributed by atoms with Crippen molar-refractivity contribution in [2.45, 2.75) is 26.3 Å². The molecule has 0 aromatic carbocycles. The summed E-state index contributed by atoms with van der Waals surface area (Å²) in [6, 6.07) is 6.35. The van der Waals surface area contributed by atoms with Crippen molar-refractivity contribution in [1.82, 2.24) is 5.43 Å². The molecule has 0 spiro atoms. The first-order valence-electron chi connectivity index (χ1n) is 5.26. The fraction of sp³-hybridized carbons (Fsp3) is 0.333. The highest BCUT2D eigenvalue weighted by Crippen LogP contribution is 2.25. The van der Waals surface area contributed by atoms with Gasteiger partial charge in [-0.2, -0.15) is 0 Å². The van der Waals surface area contributed by atoms with Crippen LogP contribution in [0.2, 0.25) is 0 Å². The molecule has 0 saturated heterocycles. The van der Waals surface area contributed by atoms with Crippen LogP contribution in [-0.4, -0.2) is 0 Å². The number of nitrogens with two attached hydrogens (primary N) is 1. The van der Waals surface area contributed by atoms with Gasteiger partial charge in [0, 0.05) is 16.9 Å². The summed E-state index contributed by atoms with van der Waals surface area (Å²) in [5, 5.41) is 2.08. The predicted molar refractivity (Wildman–Crippen MR) is 66.3 cm³/mol. The fourth-order valence-electron chi connectivity index (χ4n) is 1.89. The van der Waals surface area contributed by atoms with Crippen LogP contribution in [0, 0.1) is 13.8 Å². The Morgan fingerprint density at radius 1 is 1.50 bits per heavy atom. The maximum Gasteiger partial charge on any atom is 0.105 e. The molecule has 0 aliphatic heterocycles. The Kier molecular flexibility index (Phi) is 3.43. The smallest absolute Gasteiger partial charge is 0.105 e. The molecular formula is C12H16N2OS. The molecule has 0 aliphatic carbocycles. The molecule has 0 amide bonds. The monoisotopic (exact) mass is 236 g/mol.